The normalized spacial score (nSPS) is 18.1. The first-order chi connectivity index (χ1) is 15.3. The SMILES string of the molecule is Cc1cc2sc(N3C(=O)C(=O)/C(=C(/O)c4cccc(Cl)c4)C3c3cccs3)nc2cc1Cl. The molecule has 0 saturated carbocycles. The van der Waals surface area contributed by atoms with E-state index in [0.717, 1.165) is 15.1 Å². The number of hydrogen-bond acceptors (Lipinski definition) is 6. The number of benzene rings is 2. The lowest BCUT2D eigenvalue weighted by Gasteiger charge is -2.21. The van der Waals surface area contributed by atoms with E-state index in [1.54, 1.807) is 30.3 Å². The molecule has 5 nitrogen and oxygen atoms in total. The quantitative estimate of drug-likeness (QED) is 0.195. The summed E-state index contributed by atoms with van der Waals surface area (Å²) in [7, 11) is 0. The van der Waals surface area contributed by atoms with Crippen molar-refractivity contribution in [2.45, 2.75) is 13.0 Å². The van der Waals surface area contributed by atoms with Crippen LogP contribution in [0, 0.1) is 6.92 Å². The van der Waals surface area contributed by atoms with E-state index in [9.17, 15) is 14.7 Å². The minimum atomic E-state index is -0.800. The number of amides is 1. The monoisotopic (exact) mass is 500 g/mol. The molecule has 1 amide bonds. The van der Waals surface area contributed by atoms with E-state index in [1.807, 2.05) is 30.5 Å². The molecule has 1 unspecified atom stereocenters. The Kier molecular flexibility index (Phi) is 5.29. The summed E-state index contributed by atoms with van der Waals surface area (Å²) in [6.07, 6.45) is 0. The Morgan fingerprint density at radius 3 is 2.66 bits per heavy atom. The van der Waals surface area contributed by atoms with Crippen LogP contribution in [0.4, 0.5) is 5.13 Å². The first-order valence-corrected chi connectivity index (χ1v) is 12.0. The Labute approximate surface area is 201 Å². The maximum atomic E-state index is 13.2. The lowest BCUT2D eigenvalue weighted by molar-refractivity contribution is -0.132. The number of carbonyl (C=O) groups excluding carboxylic acids is 2. The number of carbonyl (C=O) groups is 2. The number of thiazole rings is 1. The van der Waals surface area contributed by atoms with Gasteiger partial charge in [0.05, 0.1) is 15.8 Å². The van der Waals surface area contributed by atoms with Crippen LogP contribution >= 0.6 is 45.9 Å². The van der Waals surface area contributed by atoms with Gasteiger partial charge in [-0.3, -0.25) is 14.5 Å². The molecule has 4 aromatic rings. The molecule has 1 aliphatic heterocycles. The number of aromatic nitrogens is 1. The summed E-state index contributed by atoms with van der Waals surface area (Å²) in [5.41, 5.74) is 1.91. The number of aliphatic hydroxyl groups is 1. The third-order valence-corrected chi connectivity index (χ3v) is 7.80. The summed E-state index contributed by atoms with van der Waals surface area (Å²) in [4.78, 5) is 33.0. The average Bonchev–Trinajstić information content (AvgIpc) is 3.47. The summed E-state index contributed by atoms with van der Waals surface area (Å²) >= 11 is 15.0. The number of nitrogens with zero attached hydrogens (tertiary/aromatic N) is 2. The summed E-state index contributed by atoms with van der Waals surface area (Å²) in [5.74, 6) is -1.78. The molecule has 0 aliphatic carbocycles. The van der Waals surface area contributed by atoms with Crippen LogP contribution in [0.3, 0.4) is 0 Å². The predicted molar refractivity (Wildman–Crippen MR) is 130 cm³/mol. The molecule has 2 aromatic carbocycles. The fourth-order valence-electron chi connectivity index (χ4n) is 3.68. The molecule has 9 heteroatoms. The lowest BCUT2D eigenvalue weighted by Crippen LogP contribution is -2.28. The zero-order valence-corrected chi connectivity index (χ0v) is 19.6. The molecule has 32 heavy (non-hydrogen) atoms. The number of hydrogen-bond donors (Lipinski definition) is 1. The predicted octanol–water partition coefficient (Wildman–Crippen LogP) is 6.60. The number of anilines is 1. The van der Waals surface area contributed by atoms with Gasteiger partial charge >= 0.3 is 5.91 Å². The summed E-state index contributed by atoms with van der Waals surface area (Å²) in [6.45, 7) is 1.89. The van der Waals surface area contributed by atoms with Crippen molar-refractivity contribution in [3.05, 3.63) is 85.5 Å². The number of aryl methyl sites for hydroxylation is 1. The molecule has 0 spiro atoms. The van der Waals surface area contributed by atoms with Crippen molar-refractivity contribution in [3.63, 3.8) is 0 Å². The minimum Gasteiger partial charge on any atom is -0.507 e. The Balaban J connectivity index is 1.72. The van der Waals surface area contributed by atoms with Gasteiger partial charge in [-0.15, -0.1) is 11.3 Å². The van der Waals surface area contributed by atoms with Gasteiger partial charge in [0.2, 0.25) is 0 Å². The van der Waals surface area contributed by atoms with Gasteiger partial charge in [0.25, 0.3) is 5.78 Å². The lowest BCUT2D eigenvalue weighted by atomic mass is 10.00. The number of rotatable bonds is 3. The molecular weight excluding hydrogens is 487 g/mol. The molecule has 1 atom stereocenters. The number of Topliss-reactive ketones (excluding diaryl/α,β-unsaturated/α-hetero) is 1. The Morgan fingerprint density at radius 1 is 1.12 bits per heavy atom. The minimum absolute atomic E-state index is 0.00758. The average molecular weight is 501 g/mol. The Morgan fingerprint density at radius 2 is 1.94 bits per heavy atom. The van der Waals surface area contributed by atoms with Crippen molar-refractivity contribution < 1.29 is 14.7 Å². The van der Waals surface area contributed by atoms with Crippen LogP contribution < -0.4 is 4.90 Å². The van der Waals surface area contributed by atoms with E-state index < -0.39 is 17.7 Å². The Hall–Kier alpha value is -2.71. The number of aliphatic hydroxyl groups excluding tert-OH is 1. The molecule has 0 radical (unpaired) electrons. The van der Waals surface area contributed by atoms with Crippen LogP contribution in [0.15, 0.2) is 59.5 Å². The maximum absolute atomic E-state index is 13.2. The van der Waals surface area contributed by atoms with Crippen LogP contribution in [0.2, 0.25) is 10.0 Å². The van der Waals surface area contributed by atoms with Crippen LogP contribution in [0.25, 0.3) is 16.0 Å². The van der Waals surface area contributed by atoms with Crippen LogP contribution in [-0.4, -0.2) is 21.8 Å². The van der Waals surface area contributed by atoms with Gasteiger partial charge in [-0.2, -0.15) is 0 Å². The van der Waals surface area contributed by atoms with Gasteiger partial charge in [0.1, 0.15) is 11.8 Å². The highest BCUT2D eigenvalue weighted by Crippen LogP contribution is 2.45. The third kappa shape index (κ3) is 3.42. The van der Waals surface area contributed by atoms with Crippen molar-refractivity contribution in [1.82, 2.24) is 4.98 Å². The third-order valence-electron chi connectivity index (χ3n) is 5.22. The standard InChI is InChI=1S/C23H14Cl2N2O3S2/c1-11-8-17-15(10-14(11)25)26-23(32-17)27-19(16-6-3-7-31-16)18(21(29)22(27)30)20(28)12-4-2-5-13(24)9-12/h2-10,19,28H,1H3/b20-18+. The second-order valence-corrected chi connectivity index (χ2v) is 10.1. The second-order valence-electron chi connectivity index (χ2n) is 7.26. The summed E-state index contributed by atoms with van der Waals surface area (Å²) in [5, 5.41) is 14.3. The molecule has 2 aromatic heterocycles. The van der Waals surface area contributed by atoms with Crippen molar-refractivity contribution in [3.8, 4) is 0 Å². The topological polar surface area (TPSA) is 70.5 Å². The highest BCUT2D eigenvalue weighted by Gasteiger charge is 2.48. The van der Waals surface area contributed by atoms with Crippen LogP contribution in [0.5, 0.6) is 0 Å². The molecule has 160 valence electrons. The molecule has 5 rings (SSSR count). The fourth-order valence-corrected chi connectivity index (χ4v) is 5.92. The van der Waals surface area contributed by atoms with Crippen molar-refractivity contribution in [2.24, 2.45) is 0 Å². The molecular formula is C23H14Cl2N2O3S2. The highest BCUT2D eigenvalue weighted by atomic mass is 35.5. The van der Waals surface area contributed by atoms with Gasteiger partial charge in [-0.25, -0.2) is 4.98 Å². The molecule has 3 heterocycles. The van der Waals surface area contributed by atoms with Crippen molar-refractivity contribution >= 4 is 78.7 Å². The zero-order valence-electron chi connectivity index (χ0n) is 16.5. The first-order valence-electron chi connectivity index (χ1n) is 9.52. The van der Waals surface area contributed by atoms with Gasteiger partial charge in [-0.05, 0) is 48.2 Å². The smallest absolute Gasteiger partial charge is 0.301 e. The number of ketones is 1. The van der Waals surface area contributed by atoms with E-state index in [1.165, 1.54) is 27.6 Å². The van der Waals surface area contributed by atoms with E-state index >= 15 is 0 Å². The number of thiophene rings is 1. The highest BCUT2D eigenvalue weighted by molar-refractivity contribution is 7.22. The van der Waals surface area contributed by atoms with Crippen molar-refractivity contribution in [2.75, 3.05) is 4.90 Å². The fraction of sp³-hybridized carbons (Fsp3) is 0.0870. The van der Waals surface area contributed by atoms with Crippen LogP contribution in [-0.2, 0) is 9.59 Å². The van der Waals surface area contributed by atoms with Gasteiger partial charge in [-0.1, -0.05) is 52.7 Å². The molecule has 1 fully saturated rings. The number of fused-ring (bicyclic) bond motifs is 1. The van der Waals surface area contributed by atoms with E-state index in [4.69, 9.17) is 23.2 Å². The summed E-state index contributed by atoms with van der Waals surface area (Å²) < 4.78 is 0.851. The van der Waals surface area contributed by atoms with Crippen molar-refractivity contribution in [1.29, 1.82) is 0 Å². The van der Waals surface area contributed by atoms with E-state index in [2.05, 4.69) is 4.98 Å². The Bertz CT molecular complexity index is 1390. The molecule has 1 aliphatic rings. The van der Waals surface area contributed by atoms with E-state index in [-0.39, 0.29) is 11.3 Å². The van der Waals surface area contributed by atoms with Gasteiger partial charge < -0.3 is 5.11 Å². The molecule has 0 bridgehead atoms. The van der Waals surface area contributed by atoms with E-state index in [0.29, 0.717) is 26.3 Å². The summed E-state index contributed by atoms with van der Waals surface area (Å²) in [6, 6.07) is 13.0. The van der Waals surface area contributed by atoms with Gasteiger partial charge in [0, 0.05) is 20.5 Å². The van der Waals surface area contributed by atoms with Gasteiger partial charge in [0.15, 0.2) is 5.13 Å². The van der Waals surface area contributed by atoms with Crippen LogP contribution in [0.1, 0.15) is 22.0 Å². The number of halogens is 2. The largest absolute Gasteiger partial charge is 0.507 e. The molecule has 1 N–H and O–H groups in total. The molecule has 1 saturated heterocycles. The first kappa shape index (κ1) is 21.2. The second kappa shape index (κ2) is 8.01. The zero-order chi connectivity index (χ0) is 22.6. The maximum Gasteiger partial charge on any atom is 0.301 e.